The van der Waals surface area contributed by atoms with Crippen molar-refractivity contribution in [3.63, 3.8) is 0 Å². The van der Waals surface area contributed by atoms with Crippen LogP contribution in [0.2, 0.25) is 0 Å². The van der Waals surface area contributed by atoms with E-state index in [2.05, 4.69) is 0 Å². The number of nitrogens with zero attached hydrogens (tertiary/aromatic N) is 2. The summed E-state index contributed by atoms with van der Waals surface area (Å²) in [7, 11) is 1.68. The maximum atomic E-state index is 13.2. The van der Waals surface area contributed by atoms with E-state index in [1.165, 1.54) is 24.3 Å². The van der Waals surface area contributed by atoms with Crippen LogP contribution in [0.5, 0.6) is 0 Å². The van der Waals surface area contributed by atoms with Gasteiger partial charge in [-0.05, 0) is 54.1 Å². The first kappa shape index (κ1) is 22.6. The SMILES string of the molecule is CCN(C)C(=O)c1ccc(/C=C2\SC(=O)N(Cc3ccccc3C(F)(F)F)C2=O)cc1. The first-order valence-corrected chi connectivity index (χ1v) is 10.2. The summed E-state index contributed by atoms with van der Waals surface area (Å²) in [6, 6.07) is 11.4. The summed E-state index contributed by atoms with van der Waals surface area (Å²) in [6.45, 7) is 1.95. The number of hydrogen-bond donors (Lipinski definition) is 0. The second-order valence-corrected chi connectivity index (χ2v) is 7.86. The molecule has 0 aliphatic carbocycles. The molecule has 0 saturated carbocycles. The van der Waals surface area contributed by atoms with Gasteiger partial charge in [0, 0.05) is 19.2 Å². The van der Waals surface area contributed by atoms with Gasteiger partial charge in [0.05, 0.1) is 17.0 Å². The summed E-state index contributed by atoms with van der Waals surface area (Å²) < 4.78 is 39.6. The zero-order valence-electron chi connectivity index (χ0n) is 16.8. The Balaban J connectivity index is 1.79. The molecule has 3 amide bonds. The van der Waals surface area contributed by atoms with Crippen LogP contribution in [0.3, 0.4) is 0 Å². The average Bonchev–Trinajstić information content (AvgIpc) is 3.00. The number of amides is 3. The lowest BCUT2D eigenvalue weighted by Crippen LogP contribution is -2.28. The van der Waals surface area contributed by atoms with Crippen LogP contribution in [0.1, 0.15) is 34.0 Å². The van der Waals surface area contributed by atoms with Crippen LogP contribution in [-0.4, -0.2) is 40.4 Å². The molecule has 3 rings (SSSR count). The van der Waals surface area contributed by atoms with Crippen LogP contribution in [0, 0.1) is 0 Å². The minimum Gasteiger partial charge on any atom is -0.342 e. The molecule has 0 radical (unpaired) electrons. The number of alkyl halides is 3. The van der Waals surface area contributed by atoms with Gasteiger partial charge >= 0.3 is 6.18 Å². The van der Waals surface area contributed by atoms with E-state index >= 15 is 0 Å². The molecule has 0 N–H and O–H groups in total. The molecular formula is C22H19F3N2O3S. The Morgan fingerprint density at radius 2 is 1.74 bits per heavy atom. The van der Waals surface area contributed by atoms with E-state index in [4.69, 9.17) is 0 Å². The minimum absolute atomic E-state index is 0.110. The fourth-order valence-electron chi connectivity index (χ4n) is 2.98. The van der Waals surface area contributed by atoms with E-state index in [1.807, 2.05) is 6.92 Å². The number of carbonyl (C=O) groups is 3. The summed E-state index contributed by atoms with van der Waals surface area (Å²) >= 11 is 0.670. The lowest BCUT2D eigenvalue weighted by molar-refractivity contribution is -0.139. The number of imide groups is 1. The highest BCUT2D eigenvalue weighted by Crippen LogP contribution is 2.36. The van der Waals surface area contributed by atoms with E-state index < -0.39 is 29.4 Å². The highest BCUT2D eigenvalue weighted by Gasteiger charge is 2.38. The van der Waals surface area contributed by atoms with Crippen molar-refractivity contribution in [3.8, 4) is 0 Å². The number of carbonyl (C=O) groups excluding carboxylic acids is 3. The molecule has 2 aromatic carbocycles. The van der Waals surface area contributed by atoms with Crippen molar-refractivity contribution in [3.05, 3.63) is 75.7 Å². The molecule has 9 heteroatoms. The molecule has 0 bridgehead atoms. The van der Waals surface area contributed by atoms with Crippen LogP contribution in [0.4, 0.5) is 18.0 Å². The summed E-state index contributed by atoms with van der Waals surface area (Å²) in [5.74, 6) is -0.796. The standard InChI is InChI=1S/C22H19F3N2O3S/c1-3-26(2)19(28)15-10-8-14(9-11-15)12-18-20(29)27(21(30)31-18)13-16-6-4-5-7-17(16)22(23,24)25/h4-12H,3,13H2,1-2H3/b18-12-. The Hall–Kier alpha value is -3.07. The Morgan fingerprint density at radius 3 is 2.35 bits per heavy atom. The molecule has 0 spiro atoms. The molecule has 1 saturated heterocycles. The molecule has 162 valence electrons. The molecule has 31 heavy (non-hydrogen) atoms. The summed E-state index contributed by atoms with van der Waals surface area (Å²) in [5.41, 5.74) is 0.0482. The lowest BCUT2D eigenvalue weighted by Gasteiger charge is -2.17. The van der Waals surface area contributed by atoms with Crippen molar-refractivity contribution in [1.82, 2.24) is 9.80 Å². The maximum absolute atomic E-state index is 13.2. The number of benzene rings is 2. The van der Waals surface area contributed by atoms with Crippen LogP contribution in [0.25, 0.3) is 6.08 Å². The van der Waals surface area contributed by atoms with Crippen molar-refractivity contribution in [1.29, 1.82) is 0 Å². The van der Waals surface area contributed by atoms with E-state index in [0.717, 1.165) is 11.0 Å². The number of halogens is 3. The van der Waals surface area contributed by atoms with Crippen LogP contribution < -0.4 is 0 Å². The van der Waals surface area contributed by atoms with Gasteiger partial charge in [0.1, 0.15) is 0 Å². The van der Waals surface area contributed by atoms with Gasteiger partial charge in [-0.15, -0.1) is 0 Å². The van der Waals surface area contributed by atoms with Gasteiger partial charge in [0.2, 0.25) is 0 Å². The van der Waals surface area contributed by atoms with Gasteiger partial charge in [0.25, 0.3) is 17.1 Å². The molecule has 2 aromatic rings. The Kier molecular flexibility index (Phi) is 6.54. The molecular weight excluding hydrogens is 429 g/mol. The third kappa shape index (κ3) is 4.99. The Morgan fingerprint density at radius 1 is 1.10 bits per heavy atom. The fourth-order valence-corrected chi connectivity index (χ4v) is 3.82. The van der Waals surface area contributed by atoms with Gasteiger partial charge in [-0.3, -0.25) is 19.3 Å². The molecule has 5 nitrogen and oxygen atoms in total. The van der Waals surface area contributed by atoms with Gasteiger partial charge in [-0.25, -0.2) is 0 Å². The normalized spacial score (nSPS) is 15.6. The predicted octanol–water partition coefficient (Wildman–Crippen LogP) is 5.03. The van der Waals surface area contributed by atoms with Gasteiger partial charge in [0.15, 0.2) is 0 Å². The minimum atomic E-state index is -4.58. The predicted molar refractivity (Wildman–Crippen MR) is 112 cm³/mol. The fraction of sp³-hybridized carbons (Fsp3) is 0.227. The highest BCUT2D eigenvalue weighted by atomic mass is 32.2. The average molecular weight is 448 g/mol. The van der Waals surface area contributed by atoms with Crippen molar-refractivity contribution in [2.75, 3.05) is 13.6 Å². The van der Waals surface area contributed by atoms with Crippen molar-refractivity contribution in [2.24, 2.45) is 0 Å². The third-order valence-electron chi connectivity index (χ3n) is 4.80. The second kappa shape index (κ2) is 8.97. The largest absolute Gasteiger partial charge is 0.416 e. The zero-order valence-corrected chi connectivity index (χ0v) is 17.6. The summed E-state index contributed by atoms with van der Waals surface area (Å²) in [6.07, 6.45) is -3.10. The van der Waals surface area contributed by atoms with Crippen LogP contribution in [-0.2, 0) is 17.5 Å². The lowest BCUT2D eigenvalue weighted by atomic mass is 10.1. The van der Waals surface area contributed by atoms with Gasteiger partial charge < -0.3 is 4.90 Å². The Bertz CT molecular complexity index is 1050. The molecule has 1 aliphatic rings. The molecule has 0 atom stereocenters. The Labute approximate surface area is 181 Å². The van der Waals surface area contributed by atoms with E-state index in [-0.39, 0.29) is 16.4 Å². The molecule has 0 aromatic heterocycles. The van der Waals surface area contributed by atoms with Gasteiger partial charge in [-0.1, -0.05) is 30.3 Å². The van der Waals surface area contributed by atoms with E-state index in [9.17, 15) is 27.6 Å². The molecule has 1 fully saturated rings. The zero-order chi connectivity index (χ0) is 22.8. The van der Waals surface area contributed by atoms with E-state index in [1.54, 1.807) is 36.2 Å². The van der Waals surface area contributed by atoms with Crippen LogP contribution >= 0.6 is 11.8 Å². The summed E-state index contributed by atoms with van der Waals surface area (Å²) in [4.78, 5) is 39.6. The quantitative estimate of drug-likeness (QED) is 0.602. The molecule has 1 heterocycles. The van der Waals surface area contributed by atoms with Crippen molar-refractivity contribution in [2.45, 2.75) is 19.6 Å². The van der Waals surface area contributed by atoms with Crippen molar-refractivity contribution < 1.29 is 27.6 Å². The number of rotatable bonds is 5. The molecule has 1 aliphatic heterocycles. The summed E-state index contributed by atoms with van der Waals surface area (Å²) in [5, 5.41) is -0.635. The van der Waals surface area contributed by atoms with E-state index in [0.29, 0.717) is 29.4 Å². The number of hydrogen-bond acceptors (Lipinski definition) is 4. The first-order valence-electron chi connectivity index (χ1n) is 9.37. The monoisotopic (exact) mass is 448 g/mol. The highest BCUT2D eigenvalue weighted by molar-refractivity contribution is 8.18. The maximum Gasteiger partial charge on any atom is 0.416 e. The van der Waals surface area contributed by atoms with Crippen LogP contribution in [0.15, 0.2) is 53.4 Å². The second-order valence-electron chi connectivity index (χ2n) is 6.86. The van der Waals surface area contributed by atoms with Gasteiger partial charge in [-0.2, -0.15) is 13.2 Å². The third-order valence-corrected chi connectivity index (χ3v) is 5.71. The first-order chi connectivity index (χ1) is 14.6. The molecule has 0 unspecified atom stereocenters. The topological polar surface area (TPSA) is 57.7 Å². The number of thioether (sulfide) groups is 1. The van der Waals surface area contributed by atoms with Crippen molar-refractivity contribution >= 4 is 34.9 Å². The smallest absolute Gasteiger partial charge is 0.342 e.